The standard InChI is InChI=1S/C55H53F6N3/c1-50(2,3)33-13-17-44-40(25-33)41-26-34(51(4,5)6)14-18-45(41)63(44)48-29-39(31-21-37(54(56,57)58)24-38(22-31)55(59,60)61)49(23-32(48)30-62)64-46-19-15-35(52(7,8)9)27-42(46)43-28-36(53(10,11)12)16-20-47(43)64/h13-29H,1-12H3. The Hall–Kier alpha value is -6.01. The molecule has 0 aliphatic heterocycles. The highest BCUT2D eigenvalue weighted by Crippen LogP contribution is 2.46. The summed E-state index contributed by atoms with van der Waals surface area (Å²) >= 11 is 0. The van der Waals surface area contributed by atoms with Crippen LogP contribution in [-0.2, 0) is 34.0 Å². The van der Waals surface area contributed by atoms with Gasteiger partial charge >= 0.3 is 12.4 Å². The number of alkyl halides is 6. The van der Waals surface area contributed by atoms with Crippen molar-refractivity contribution in [3.8, 4) is 28.6 Å². The lowest BCUT2D eigenvalue weighted by molar-refractivity contribution is -0.143. The number of halogens is 6. The number of nitrogens with zero attached hydrogens (tertiary/aromatic N) is 3. The number of aromatic nitrogens is 2. The maximum absolute atomic E-state index is 14.7. The zero-order valence-corrected chi connectivity index (χ0v) is 38.4. The summed E-state index contributed by atoms with van der Waals surface area (Å²) in [4.78, 5) is 0. The molecule has 0 aliphatic rings. The minimum Gasteiger partial charge on any atom is -0.309 e. The predicted octanol–water partition coefficient (Wildman–Crippen LogP) is 16.6. The lowest BCUT2D eigenvalue weighted by Gasteiger charge is -2.22. The molecule has 0 bridgehead atoms. The summed E-state index contributed by atoms with van der Waals surface area (Å²) in [7, 11) is 0. The summed E-state index contributed by atoms with van der Waals surface area (Å²) in [5, 5.41) is 14.7. The van der Waals surface area contributed by atoms with Crippen molar-refractivity contribution in [2.45, 2.75) is 117 Å². The molecule has 0 atom stereocenters. The molecule has 0 N–H and O–H groups in total. The zero-order valence-electron chi connectivity index (χ0n) is 38.4. The molecule has 8 aromatic rings. The van der Waals surface area contributed by atoms with Gasteiger partial charge in [0.05, 0.1) is 50.1 Å². The molecular weight excluding hydrogens is 817 g/mol. The van der Waals surface area contributed by atoms with Gasteiger partial charge in [0.25, 0.3) is 0 Å². The van der Waals surface area contributed by atoms with E-state index >= 15 is 0 Å². The fraction of sp³-hybridized carbons (Fsp3) is 0.327. The van der Waals surface area contributed by atoms with Crippen molar-refractivity contribution in [3.63, 3.8) is 0 Å². The van der Waals surface area contributed by atoms with Crippen LogP contribution < -0.4 is 0 Å². The normalized spacial score (nSPS) is 13.5. The van der Waals surface area contributed by atoms with Crippen molar-refractivity contribution >= 4 is 43.6 Å². The molecule has 2 aromatic heterocycles. The molecule has 2 heterocycles. The van der Waals surface area contributed by atoms with Crippen LogP contribution in [0.5, 0.6) is 0 Å². The maximum Gasteiger partial charge on any atom is 0.416 e. The quantitative estimate of drug-likeness (QED) is 0.163. The highest BCUT2D eigenvalue weighted by Gasteiger charge is 2.38. The van der Waals surface area contributed by atoms with Gasteiger partial charge in [0.1, 0.15) is 6.07 Å². The van der Waals surface area contributed by atoms with Gasteiger partial charge in [-0.1, -0.05) is 107 Å². The smallest absolute Gasteiger partial charge is 0.309 e. The van der Waals surface area contributed by atoms with Crippen LogP contribution in [0.15, 0.2) is 103 Å². The van der Waals surface area contributed by atoms with Gasteiger partial charge in [-0.25, -0.2) is 0 Å². The van der Waals surface area contributed by atoms with E-state index in [-0.39, 0.29) is 50.1 Å². The van der Waals surface area contributed by atoms with Crippen LogP contribution in [0.2, 0.25) is 0 Å². The molecule has 0 aliphatic carbocycles. The number of benzene rings is 6. The minimum atomic E-state index is -5.09. The third kappa shape index (κ3) is 7.73. The average Bonchev–Trinajstić information content (AvgIpc) is 3.69. The van der Waals surface area contributed by atoms with Crippen molar-refractivity contribution in [1.82, 2.24) is 9.13 Å². The van der Waals surface area contributed by atoms with Gasteiger partial charge in [-0.15, -0.1) is 0 Å². The van der Waals surface area contributed by atoms with Crippen LogP contribution in [0.4, 0.5) is 26.3 Å². The molecule has 9 heteroatoms. The second kappa shape index (κ2) is 14.5. The van der Waals surface area contributed by atoms with Crippen molar-refractivity contribution < 1.29 is 26.3 Å². The highest BCUT2D eigenvalue weighted by molar-refractivity contribution is 6.12. The largest absolute Gasteiger partial charge is 0.416 e. The summed E-state index contributed by atoms with van der Waals surface area (Å²) in [6, 6.07) is 31.8. The van der Waals surface area contributed by atoms with Gasteiger partial charge in [-0.2, -0.15) is 31.6 Å². The Bertz CT molecular complexity index is 3050. The molecule has 0 saturated heterocycles. The Morgan fingerprint density at radius 1 is 0.375 bits per heavy atom. The van der Waals surface area contributed by atoms with E-state index in [2.05, 4.69) is 113 Å². The third-order valence-electron chi connectivity index (χ3n) is 12.6. The van der Waals surface area contributed by atoms with Crippen molar-refractivity contribution in [1.29, 1.82) is 5.26 Å². The van der Waals surface area contributed by atoms with E-state index < -0.39 is 23.5 Å². The number of fused-ring (bicyclic) bond motifs is 6. The van der Waals surface area contributed by atoms with Crippen molar-refractivity contribution in [3.05, 3.63) is 142 Å². The van der Waals surface area contributed by atoms with Gasteiger partial charge in [0.2, 0.25) is 0 Å². The summed E-state index contributed by atoms with van der Waals surface area (Å²) in [5.74, 6) is 0. The molecule has 0 fully saturated rings. The van der Waals surface area contributed by atoms with Gasteiger partial charge in [-0.05, 0) is 128 Å². The summed E-state index contributed by atoms with van der Waals surface area (Å²) in [6.07, 6.45) is -10.2. The first-order chi connectivity index (χ1) is 29.5. The fourth-order valence-corrected chi connectivity index (χ4v) is 8.81. The zero-order chi connectivity index (χ0) is 46.9. The molecule has 6 aromatic carbocycles. The first kappa shape index (κ1) is 44.6. The average molecular weight is 870 g/mol. The first-order valence-electron chi connectivity index (χ1n) is 21.5. The molecule has 0 amide bonds. The van der Waals surface area contributed by atoms with Crippen LogP contribution in [0.1, 0.15) is 122 Å². The monoisotopic (exact) mass is 869 g/mol. The lowest BCUT2D eigenvalue weighted by atomic mass is 9.85. The van der Waals surface area contributed by atoms with E-state index in [1.807, 2.05) is 57.7 Å². The Labute approximate surface area is 370 Å². The molecule has 64 heavy (non-hydrogen) atoms. The van der Waals surface area contributed by atoms with Gasteiger partial charge in [0, 0.05) is 27.1 Å². The van der Waals surface area contributed by atoms with E-state index in [1.54, 1.807) is 12.1 Å². The second-order valence-corrected chi connectivity index (χ2v) is 21.4. The van der Waals surface area contributed by atoms with E-state index in [4.69, 9.17) is 0 Å². The Morgan fingerprint density at radius 2 is 0.688 bits per heavy atom. The van der Waals surface area contributed by atoms with E-state index in [1.165, 1.54) is 0 Å². The number of nitriles is 1. The van der Waals surface area contributed by atoms with Crippen molar-refractivity contribution in [2.24, 2.45) is 0 Å². The molecular formula is C55H53F6N3. The maximum atomic E-state index is 14.7. The molecule has 3 nitrogen and oxygen atoms in total. The first-order valence-corrected chi connectivity index (χ1v) is 21.5. The molecule has 0 unspecified atom stereocenters. The second-order valence-electron chi connectivity index (χ2n) is 21.4. The van der Waals surface area contributed by atoms with E-state index in [0.717, 1.165) is 67.0 Å². The van der Waals surface area contributed by atoms with E-state index in [9.17, 15) is 31.6 Å². The van der Waals surface area contributed by atoms with Gasteiger partial charge in [-0.3, -0.25) is 0 Å². The van der Waals surface area contributed by atoms with Crippen LogP contribution in [0, 0.1) is 11.3 Å². The van der Waals surface area contributed by atoms with Crippen LogP contribution in [-0.4, -0.2) is 9.13 Å². The molecule has 0 saturated carbocycles. The van der Waals surface area contributed by atoms with Crippen LogP contribution in [0.25, 0.3) is 66.1 Å². The molecule has 0 spiro atoms. The number of hydrogen-bond acceptors (Lipinski definition) is 1. The topological polar surface area (TPSA) is 33.6 Å². The van der Waals surface area contributed by atoms with Crippen LogP contribution in [0.3, 0.4) is 0 Å². The van der Waals surface area contributed by atoms with Crippen LogP contribution >= 0.6 is 0 Å². The number of rotatable bonds is 3. The summed E-state index contributed by atoms with van der Waals surface area (Å²) in [6.45, 7) is 25.4. The Balaban J connectivity index is 1.57. The van der Waals surface area contributed by atoms with Crippen molar-refractivity contribution in [2.75, 3.05) is 0 Å². The lowest BCUT2D eigenvalue weighted by Crippen LogP contribution is -2.12. The minimum absolute atomic E-state index is 0.0943. The van der Waals surface area contributed by atoms with E-state index in [0.29, 0.717) is 16.7 Å². The Kier molecular flexibility index (Phi) is 10.1. The summed E-state index contributed by atoms with van der Waals surface area (Å²) in [5.41, 5.74) is 3.97. The molecule has 330 valence electrons. The fourth-order valence-electron chi connectivity index (χ4n) is 8.81. The van der Waals surface area contributed by atoms with Gasteiger partial charge < -0.3 is 9.13 Å². The number of hydrogen-bond donors (Lipinski definition) is 0. The third-order valence-corrected chi connectivity index (χ3v) is 12.6. The Morgan fingerprint density at radius 3 is 0.969 bits per heavy atom. The van der Waals surface area contributed by atoms with Gasteiger partial charge in [0.15, 0.2) is 0 Å². The highest BCUT2D eigenvalue weighted by atomic mass is 19.4. The molecule has 0 radical (unpaired) electrons. The molecule has 8 rings (SSSR count). The summed E-state index contributed by atoms with van der Waals surface area (Å²) < 4.78 is 92.0. The SMILES string of the molecule is CC(C)(C)c1ccc2c(c1)c1cc(C(C)(C)C)ccc1n2-c1cc(-c2cc(C(F)(F)F)cc(C(F)(F)F)c2)c(-n2c3ccc(C(C)(C)C)cc3c3cc(C(C)(C)C)ccc32)cc1C#N. The predicted molar refractivity (Wildman–Crippen MR) is 250 cm³/mol.